The second-order valence-corrected chi connectivity index (χ2v) is 8.93. The molecular weight excluding hydrogens is 354 g/mol. The smallest absolute Gasteiger partial charge is 0.240 e. The minimum absolute atomic E-state index is 0.0684. The largest absolute Gasteiger partial charge is 0.297 e. The van der Waals surface area contributed by atoms with Gasteiger partial charge in [-0.2, -0.15) is 5.10 Å². The van der Waals surface area contributed by atoms with E-state index >= 15 is 0 Å². The summed E-state index contributed by atoms with van der Waals surface area (Å²) in [7, 11) is 0. The molecule has 0 bridgehead atoms. The van der Waals surface area contributed by atoms with Crippen LogP contribution in [-0.4, -0.2) is 40.9 Å². The Kier molecular flexibility index (Phi) is 4.07. The first-order valence-corrected chi connectivity index (χ1v) is 9.61. The molecule has 4 rings (SSSR count). The molecule has 0 N–H and O–H groups in total. The normalized spacial score (nSPS) is 28.8. The van der Waals surface area contributed by atoms with E-state index in [9.17, 15) is 14.4 Å². The molecule has 0 saturated carbocycles. The van der Waals surface area contributed by atoms with Gasteiger partial charge < -0.3 is 0 Å². The second kappa shape index (κ2) is 6.12. The van der Waals surface area contributed by atoms with Gasteiger partial charge in [0.1, 0.15) is 6.04 Å². The predicted molar refractivity (Wildman–Crippen MR) is 107 cm³/mol. The number of anilines is 1. The summed E-state index contributed by atoms with van der Waals surface area (Å²) in [6.45, 7) is 9.38. The van der Waals surface area contributed by atoms with Gasteiger partial charge in [-0.15, -0.1) is 0 Å². The summed E-state index contributed by atoms with van der Waals surface area (Å²) in [4.78, 5) is 41.4. The molecule has 3 aliphatic rings. The molecular formula is C22H25N3O3. The van der Waals surface area contributed by atoms with Crippen LogP contribution in [0.2, 0.25) is 0 Å². The molecule has 2 saturated heterocycles. The summed E-state index contributed by atoms with van der Waals surface area (Å²) in [6.07, 6.45) is 5.26. The number of hydrogen-bond acceptors (Lipinski definition) is 5. The number of ketones is 1. The van der Waals surface area contributed by atoms with Crippen LogP contribution in [0.3, 0.4) is 0 Å². The number of carbonyl (C=O) groups excluding carboxylic acids is 3. The predicted octanol–water partition coefficient (Wildman–Crippen LogP) is 2.63. The van der Waals surface area contributed by atoms with E-state index in [-0.39, 0.29) is 23.6 Å². The van der Waals surface area contributed by atoms with Crippen LogP contribution in [0.5, 0.6) is 0 Å². The third-order valence-electron chi connectivity index (χ3n) is 5.89. The lowest BCUT2D eigenvalue weighted by Crippen LogP contribution is -2.49. The van der Waals surface area contributed by atoms with E-state index in [1.807, 2.05) is 58.9 Å². The Balaban J connectivity index is 1.81. The number of rotatable bonds is 2. The Labute approximate surface area is 164 Å². The van der Waals surface area contributed by atoms with Crippen molar-refractivity contribution in [2.24, 2.45) is 22.4 Å². The number of fused-ring (bicyclic) bond motifs is 3. The molecule has 0 unspecified atom stereocenters. The van der Waals surface area contributed by atoms with Crippen molar-refractivity contribution in [3.05, 3.63) is 41.5 Å². The summed E-state index contributed by atoms with van der Waals surface area (Å²) in [5.74, 6) is -1.94. The molecule has 3 aliphatic heterocycles. The second-order valence-electron chi connectivity index (χ2n) is 8.93. The third-order valence-corrected chi connectivity index (χ3v) is 5.89. The van der Waals surface area contributed by atoms with Gasteiger partial charge in [0, 0.05) is 11.6 Å². The number of Topliss-reactive ketones (excluding diaryl/α,β-unsaturated/α-hetero) is 1. The molecule has 4 atom stereocenters. The molecule has 6 nitrogen and oxygen atoms in total. The quantitative estimate of drug-likeness (QED) is 0.741. The van der Waals surface area contributed by atoms with Gasteiger partial charge in [-0.25, -0.2) is 4.90 Å². The Morgan fingerprint density at radius 2 is 1.75 bits per heavy atom. The van der Waals surface area contributed by atoms with Crippen molar-refractivity contribution < 1.29 is 14.4 Å². The van der Waals surface area contributed by atoms with Crippen LogP contribution < -0.4 is 4.90 Å². The molecule has 28 heavy (non-hydrogen) atoms. The number of allylic oxidation sites excluding steroid dienone is 1. The number of aryl methyl sites for hydroxylation is 2. The minimum Gasteiger partial charge on any atom is -0.297 e. The molecule has 0 radical (unpaired) electrons. The average Bonchev–Trinajstić information content (AvgIpc) is 3.08. The van der Waals surface area contributed by atoms with Gasteiger partial charge in [0.2, 0.25) is 11.8 Å². The molecule has 0 aromatic heterocycles. The number of amides is 2. The van der Waals surface area contributed by atoms with Gasteiger partial charge in [-0.3, -0.25) is 19.4 Å². The standard InChI is InChI=1S/C22H25N3O3/c1-12-8-9-14(13(2)11-12)24-20(27)16-15-7-6-10-23-25(15)18(17(16)21(24)28)19(26)22(3,4)5/h6-11,15-18H,1-5H3/t15-,16-,17-,18-/m0/s1. The van der Waals surface area contributed by atoms with Crippen molar-refractivity contribution in [1.29, 1.82) is 0 Å². The van der Waals surface area contributed by atoms with Crippen molar-refractivity contribution in [2.75, 3.05) is 4.90 Å². The lowest BCUT2D eigenvalue weighted by Gasteiger charge is -2.33. The maximum absolute atomic E-state index is 13.5. The van der Waals surface area contributed by atoms with E-state index in [0.717, 1.165) is 11.1 Å². The number of carbonyl (C=O) groups is 3. The van der Waals surface area contributed by atoms with Crippen LogP contribution in [0, 0.1) is 31.1 Å². The Morgan fingerprint density at radius 3 is 2.39 bits per heavy atom. The van der Waals surface area contributed by atoms with Gasteiger partial charge in [0.05, 0.1) is 23.6 Å². The molecule has 3 heterocycles. The Hall–Kier alpha value is -2.76. The van der Waals surface area contributed by atoms with E-state index in [0.29, 0.717) is 5.69 Å². The highest BCUT2D eigenvalue weighted by atomic mass is 16.2. The third kappa shape index (κ3) is 2.54. The van der Waals surface area contributed by atoms with Crippen LogP contribution >= 0.6 is 0 Å². The zero-order chi connectivity index (χ0) is 20.4. The summed E-state index contributed by atoms with van der Waals surface area (Å²) >= 11 is 0. The maximum Gasteiger partial charge on any atom is 0.240 e. The first-order valence-electron chi connectivity index (χ1n) is 9.61. The zero-order valence-corrected chi connectivity index (χ0v) is 16.8. The maximum atomic E-state index is 13.5. The number of benzene rings is 1. The van der Waals surface area contributed by atoms with Crippen molar-refractivity contribution in [3.63, 3.8) is 0 Å². The van der Waals surface area contributed by atoms with Crippen molar-refractivity contribution in [2.45, 2.75) is 46.7 Å². The fraction of sp³-hybridized carbons (Fsp3) is 0.455. The van der Waals surface area contributed by atoms with Gasteiger partial charge in [-0.05, 0) is 31.6 Å². The molecule has 1 aromatic carbocycles. The van der Waals surface area contributed by atoms with Crippen molar-refractivity contribution >= 4 is 29.5 Å². The SMILES string of the molecule is Cc1ccc(N2C(=O)[C@@H]3[C@H](C2=O)[C@@H](C(=O)C(C)(C)C)N2N=CC=C[C@@H]32)c(C)c1. The fourth-order valence-electron chi connectivity index (χ4n) is 4.57. The highest BCUT2D eigenvalue weighted by Crippen LogP contribution is 2.47. The first kappa shape index (κ1) is 18.6. The topological polar surface area (TPSA) is 70.1 Å². The summed E-state index contributed by atoms with van der Waals surface area (Å²) < 4.78 is 0. The lowest BCUT2D eigenvalue weighted by molar-refractivity contribution is -0.136. The van der Waals surface area contributed by atoms with Gasteiger partial charge in [0.15, 0.2) is 5.78 Å². The van der Waals surface area contributed by atoms with Crippen LogP contribution in [0.15, 0.2) is 35.5 Å². The summed E-state index contributed by atoms with van der Waals surface area (Å²) in [5, 5.41) is 6.03. The van der Waals surface area contributed by atoms with Crippen molar-refractivity contribution in [1.82, 2.24) is 5.01 Å². The number of hydrazone groups is 1. The lowest BCUT2D eigenvalue weighted by atomic mass is 9.80. The van der Waals surface area contributed by atoms with Gasteiger partial charge >= 0.3 is 0 Å². The summed E-state index contributed by atoms with van der Waals surface area (Å²) in [5.41, 5.74) is 1.90. The van der Waals surface area contributed by atoms with Crippen LogP contribution in [0.4, 0.5) is 5.69 Å². The van der Waals surface area contributed by atoms with Crippen LogP contribution in [-0.2, 0) is 14.4 Å². The van der Waals surface area contributed by atoms with Crippen LogP contribution in [0.1, 0.15) is 31.9 Å². The van der Waals surface area contributed by atoms with E-state index in [1.165, 1.54) is 4.90 Å². The number of hydrogen-bond donors (Lipinski definition) is 0. The molecule has 0 spiro atoms. The monoisotopic (exact) mass is 379 g/mol. The Morgan fingerprint density at radius 1 is 1.07 bits per heavy atom. The highest BCUT2D eigenvalue weighted by molar-refractivity contribution is 6.24. The molecule has 146 valence electrons. The molecule has 6 heteroatoms. The van der Waals surface area contributed by atoms with Crippen molar-refractivity contribution in [3.8, 4) is 0 Å². The molecule has 2 fully saturated rings. The van der Waals surface area contributed by atoms with E-state index in [2.05, 4.69) is 5.10 Å². The highest BCUT2D eigenvalue weighted by Gasteiger charge is 2.64. The van der Waals surface area contributed by atoms with Gasteiger partial charge in [0.25, 0.3) is 0 Å². The molecule has 0 aliphatic carbocycles. The van der Waals surface area contributed by atoms with E-state index in [1.54, 1.807) is 17.3 Å². The number of nitrogens with zero attached hydrogens (tertiary/aromatic N) is 3. The fourth-order valence-corrected chi connectivity index (χ4v) is 4.57. The minimum atomic E-state index is -0.733. The zero-order valence-electron chi connectivity index (χ0n) is 16.8. The van der Waals surface area contributed by atoms with E-state index in [4.69, 9.17) is 0 Å². The summed E-state index contributed by atoms with van der Waals surface area (Å²) in [6, 6.07) is 4.56. The van der Waals surface area contributed by atoms with Crippen LogP contribution in [0.25, 0.3) is 0 Å². The number of imide groups is 1. The molecule has 2 amide bonds. The van der Waals surface area contributed by atoms with Gasteiger partial charge in [-0.1, -0.05) is 44.5 Å². The average molecular weight is 379 g/mol. The molecule has 1 aromatic rings. The Bertz CT molecular complexity index is 941. The first-order chi connectivity index (χ1) is 13.1. The van der Waals surface area contributed by atoms with E-state index < -0.39 is 23.3 Å².